The van der Waals surface area contributed by atoms with Crippen molar-refractivity contribution in [2.75, 3.05) is 0 Å². The minimum atomic E-state index is -0.171. The zero-order valence-electron chi connectivity index (χ0n) is 15.3. The van der Waals surface area contributed by atoms with Gasteiger partial charge in [-0.05, 0) is 61.5 Å². The van der Waals surface area contributed by atoms with Gasteiger partial charge < -0.3 is 9.73 Å². The molecule has 1 aliphatic rings. The van der Waals surface area contributed by atoms with Crippen molar-refractivity contribution in [3.63, 3.8) is 0 Å². The number of carbonyl (C=O) groups excluding carboxylic acids is 1. The van der Waals surface area contributed by atoms with Crippen molar-refractivity contribution in [1.29, 1.82) is 0 Å². The SMILES string of the molecule is Cc1ccc(N=C2NC(=O)C(=Cc3ccc(-c4ccc(Br)cc4)o3)S2)c(C)c1. The van der Waals surface area contributed by atoms with Crippen LogP contribution in [0.4, 0.5) is 5.69 Å². The molecule has 3 aromatic rings. The molecule has 4 rings (SSSR count). The first-order valence-electron chi connectivity index (χ1n) is 8.70. The summed E-state index contributed by atoms with van der Waals surface area (Å²) in [6, 6.07) is 17.7. The molecule has 1 aromatic heterocycles. The Hall–Kier alpha value is -2.57. The van der Waals surface area contributed by atoms with E-state index in [1.165, 1.54) is 17.3 Å². The lowest BCUT2D eigenvalue weighted by molar-refractivity contribution is -0.115. The number of amidine groups is 1. The van der Waals surface area contributed by atoms with Gasteiger partial charge in [0.15, 0.2) is 5.17 Å². The largest absolute Gasteiger partial charge is 0.457 e. The van der Waals surface area contributed by atoms with E-state index in [0.29, 0.717) is 15.8 Å². The highest BCUT2D eigenvalue weighted by Gasteiger charge is 2.24. The van der Waals surface area contributed by atoms with Crippen molar-refractivity contribution in [1.82, 2.24) is 5.32 Å². The Kier molecular flexibility index (Phi) is 5.24. The molecule has 1 fully saturated rings. The number of rotatable bonds is 3. The smallest absolute Gasteiger partial charge is 0.264 e. The van der Waals surface area contributed by atoms with Gasteiger partial charge >= 0.3 is 0 Å². The molecule has 28 heavy (non-hydrogen) atoms. The molecule has 1 saturated heterocycles. The molecule has 0 atom stereocenters. The highest BCUT2D eigenvalue weighted by atomic mass is 79.9. The van der Waals surface area contributed by atoms with E-state index in [4.69, 9.17) is 4.42 Å². The molecular weight excluding hydrogens is 436 g/mol. The van der Waals surface area contributed by atoms with E-state index in [1.54, 1.807) is 6.08 Å². The summed E-state index contributed by atoms with van der Waals surface area (Å²) in [5.41, 5.74) is 4.09. The summed E-state index contributed by atoms with van der Waals surface area (Å²) in [6.07, 6.45) is 1.74. The zero-order valence-corrected chi connectivity index (χ0v) is 17.7. The molecule has 2 aromatic carbocycles. The maximum Gasteiger partial charge on any atom is 0.264 e. The molecule has 2 heterocycles. The molecule has 0 bridgehead atoms. The van der Waals surface area contributed by atoms with E-state index in [0.717, 1.165) is 27.0 Å². The third-order valence-corrected chi connectivity index (χ3v) is 5.69. The van der Waals surface area contributed by atoms with Crippen molar-refractivity contribution in [2.45, 2.75) is 13.8 Å². The summed E-state index contributed by atoms with van der Waals surface area (Å²) in [7, 11) is 0. The molecule has 0 radical (unpaired) electrons. The summed E-state index contributed by atoms with van der Waals surface area (Å²) in [5.74, 6) is 1.21. The molecule has 1 N–H and O–H groups in total. The minimum Gasteiger partial charge on any atom is -0.457 e. The summed E-state index contributed by atoms with van der Waals surface area (Å²) < 4.78 is 6.89. The normalized spacial score (nSPS) is 16.8. The number of nitrogens with one attached hydrogen (secondary N) is 1. The monoisotopic (exact) mass is 452 g/mol. The third-order valence-electron chi connectivity index (χ3n) is 4.25. The van der Waals surface area contributed by atoms with E-state index in [-0.39, 0.29) is 5.91 Å². The van der Waals surface area contributed by atoms with Gasteiger partial charge in [-0.25, -0.2) is 4.99 Å². The van der Waals surface area contributed by atoms with Gasteiger partial charge in [0.05, 0.1) is 10.6 Å². The van der Waals surface area contributed by atoms with Crippen LogP contribution >= 0.6 is 27.7 Å². The molecule has 140 valence electrons. The first-order valence-corrected chi connectivity index (χ1v) is 10.3. The number of hydrogen-bond acceptors (Lipinski definition) is 4. The van der Waals surface area contributed by atoms with Crippen molar-refractivity contribution >= 4 is 50.5 Å². The van der Waals surface area contributed by atoms with Gasteiger partial charge in [-0.1, -0.05) is 45.8 Å². The number of carbonyl (C=O) groups is 1. The quantitative estimate of drug-likeness (QED) is 0.480. The number of benzene rings is 2. The van der Waals surface area contributed by atoms with Gasteiger partial charge in [-0.3, -0.25) is 4.79 Å². The fraction of sp³-hybridized carbons (Fsp3) is 0.0909. The molecule has 0 saturated carbocycles. The lowest BCUT2D eigenvalue weighted by Gasteiger charge is -2.02. The highest BCUT2D eigenvalue weighted by Crippen LogP contribution is 2.31. The summed E-state index contributed by atoms with van der Waals surface area (Å²) in [6.45, 7) is 4.06. The van der Waals surface area contributed by atoms with Crippen LogP contribution < -0.4 is 5.32 Å². The second-order valence-corrected chi connectivity index (χ2v) is 8.43. The number of aliphatic imine (C=N–C) groups is 1. The average Bonchev–Trinajstić information content (AvgIpc) is 3.25. The molecule has 1 aliphatic heterocycles. The molecule has 4 nitrogen and oxygen atoms in total. The van der Waals surface area contributed by atoms with Crippen LogP contribution in [0.25, 0.3) is 17.4 Å². The van der Waals surface area contributed by atoms with Crippen molar-refractivity contribution < 1.29 is 9.21 Å². The zero-order chi connectivity index (χ0) is 19.7. The summed E-state index contributed by atoms with van der Waals surface area (Å²) in [5, 5.41) is 3.39. The van der Waals surface area contributed by atoms with Crippen LogP contribution in [0.3, 0.4) is 0 Å². The summed E-state index contributed by atoms with van der Waals surface area (Å²) in [4.78, 5) is 17.4. The number of furan rings is 1. The predicted molar refractivity (Wildman–Crippen MR) is 119 cm³/mol. The number of amides is 1. The Morgan fingerprint density at radius 1 is 1.07 bits per heavy atom. The molecule has 1 amide bonds. The number of nitrogens with zero attached hydrogens (tertiary/aromatic N) is 1. The number of hydrogen-bond donors (Lipinski definition) is 1. The van der Waals surface area contributed by atoms with Crippen LogP contribution in [-0.2, 0) is 4.79 Å². The van der Waals surface area contributed by atoms with Gasteiger partial charge in [-0.2, -0.15) is 0 Å². The fourth-order valence-corrected chi connectivity index (χ4v) is 3.93. The Balaban J connectivity index is 1.55. The summed E-state index contributed by atoms with van der Waals surface area (Å²) >= 11 is 4.74. The molecule has 0 unspecified atom stereocenters. The van der Waals surface area contributed by atoms with E-state index in [2.05, 4.69) is 32.3 Å². The van der Waals surface area contributed by atoms with Crippen LogP contribution in [0, 0.1) is 13.8 Å². The van der Waals surface area contributed by atoms with Crippen LogP contribution in [0.2, 0.25) is 0 Å². The van der Waals surface area contributed by atoms with E-state index >= 15 is 0 Å². The topological polar surface area (TPSA) is 54.6 Å². The Labute approximate surface area is 175 Å². The van der Waals surface area contributed by atoms with Crippen LogP contribution in [0.1, 0.15) is 16.9 Å². The van der Waals surface area contributed by atoms with E-state index in [9.17, 15) is 4.79 Å². The van der Waals surface area contributed by atoms with Crippen molar-refractivity contribution in [3.8, 4) is 11.3 Å². The molecular formula is C22H17BrN2O2S. The Morgan fingerprint density at radius 3 is 2.61 bits per heavy atom. The first kappa shape index (κ1) is 18.8. The number of thioether (sulfide) groups is 1. The Morgan fingerprint density at radius 2 is 1.86 bits per heavy atom. The maximum absolute atomic E-state index is 12.3. The van der Waals surface area contributed by atoms with Gasteiger partial charge in [-0.15, -0.1) is 0 Å². The second kappa shape index (κ2) is 7.81. The standard InChI is InChI=1S/C22H17BrN2O2S/c1-13-3-9-18(14(2)11-13)24-22-25-21(26)20(28-22)12-17-8-10-19(27-17)15-4-6-16(23)7-5-15/h3-12H,1-2H3,(H,24,25,26). The van der Waals surface area contributed by atoms with Crippen LogP contribution in [0.15, 0.2) is 73.4 Å². The molecule has 0 spiro atoms. The molecule has 0 aliphatic carbocycles. The second-order valence-electron chi connectivity index (χ2n) is 6.48. The average molecular weight is 453 g/mol. The molecule has 6 heteroatoms. The van der Waals surface area contributed by atoms with Crippen molar-refractivity contribution in [3.05, 3.63) is 80.9 Å². The third kappa shape index (κ3) is 4.13. The van der Waals surface area contributed by atoms with Gasteiger partial charge in [0.2, 0.25) is 0 Å². The van der Waals surface area contributed by atoms with Crippen LogP contribution in [0.5, 0.6) is 0 Å². The number of aryl methyl sites for hydroxylation is 2. The first-order chi connectivity index (χ1) is 13.5. The fourth-order valence-electron chi connectivity index (χ4n) is 2.85. The minimum absolute atomic E-state index is 0.171. The lowest BCUT2D eigenvalue weighted by Crippen LogP contribution is -2.19. The predicted octanol–water partition coefficient (Wildman–Crippen LogP) is 6.22. The maximum atomic E-state index is 12.3. The van der Waals surface area contributed by atoms with E-state index < -0.39 is 0 Å². The van der Waals surface area contributed by atoms with Gasteiger partial charge in [0.25, 0.3) is 5.91 Å². The van der Waals surface area contributed by atoms with Crippen molar-refractivity contribution in [2.24, 2.45) is 4.99 Å². The van der Waals surface area contributed by atoms with Crippen LogP contribution in [-0.4, -0.2) is 11.1 Å². The van der Waals surface area contributed by atoms with E-state index in [1.807, 2.05) is 62.4 Å². The highest BCUT2D eigenvalue weighted by molar-refractivity contribution is 9.10. The van der Waals surface area contributed by atoms with Gasteiger partial charge in [0.1, 0.15) is 11.5 Å². The lowest BCUT2D eigenvalue weighted by atomic mass is 10.1. The Bertz CT molecular complexity index is 1110. The number of halogens is 1. The van der Waals surface area contributed by atoms with Gasteiger partial charge in [0, 0.05) is 16.1 Å².